The molecule has 1 aromatic heterocycles. The SMILES string of the molecule is CC[C@H](C)N(Cc1cccc(C(=O)OC)n1)C1CCCC1. The second-order valence-corrected chi connectivity index (χ2v) is 5.87. The number of nitrogens with zero attached hydrogens (tertiary/aromatic N) is 2. The molecular weight excluding hydrogens is 264 g/mol. The molecule has 0 aliphatic heterocycles. The molecule has 1 aliphatic rings. The number of pyridine rings is 1. The van der Waals surface area contributed by atoms with Gasteiger partial charge in [-0.15, -0.1) is 0 Å². The molecule has 0 bridgehead atoms. The van der Waals surface area contributed by atoms with Crippen LogP contribution in [0.3, 0.4) is 0 Å². The first kappa shape index (κ1) is 16.0. The highest BCUT2D eigenvalue weighted by molar-refractivity contribution is 5.87. The van der Waals surface area contributed by atoms with Gasteiger partial charge in [0.1, 0.15) is 5.69 Å². The zero-order chi connectivity index (χ0) is 15.2. The largest absolute Gasteiger partial charge is 0.464 e. The van der Waals surface area contributed by atoms with Gasteiger partial charge in [-0.25, -0.2) is 9.78 Å². The van der Waals surface area contributed by atoms with Crippen molar-refractivity contribution >= 4 is 5.97 Å². The number of rotatable bonds is 6. The van der Waals surface area contributed by atoms with Gasteiger partial charge in [-0.3, -0.25) is 4.90 Å². The van der Waals surface area contributed by atoms with Crippen LogP contribution in [0.4, 0.5) is 0 Å². The van der Waals surface area contributed by atoms with Crippen LogP contribution < -0.4 is 0 Å². The van der Waals surface area contributed by atoms with E-state index in [9.17, 15) is 4.79 Å². The summed E-state index contributed by atoms with van der Waals surface area (Å²) < 4.78 is 4.75. The maximum absolute atomic E-state index is 11.6. The highest BCUT2D eigenvalue weighted by Gasteiger charge is 2.26. The summed E-state index contributed by atoms with van der Waals surface area (Å²) in [6, 6.07) is 6.79. The lowest BCUT2D eigenvalue weighted by Crippen LogP contribution is -2.39. The van der Waals surface area contributed by atoms with E-state index in [-0.39, 0.29) is 5.97 Å². The highest BCUT2D eigenvalue weighted by Crippen LogP contribution is 2.27. The van der Waals surface area contributed by atoms with Crippen molar-refractivity contribution in [3.05, 3.63) is 29.6 Å². The average Bonchev–Trinajstić information content (AvgIpc) is 3.05. The summed E-state index contributed by atoms with van der Waals surface area (Å²) in [5.41, 5.74) is 1.34. The van der Waals surface area contributed by atoms with E-state index < -0.39 is 0 Å². The number of ether oxygens (including phenoxy) is 1. The molecule has 0 radical (unpaired) electrons. The van der Waals surface area contributed by atoms with E-state index in [1.807, 2.05) is 12.1 Å². The van der Waals surface area contributed by atoms with Gasteiger partial charge in [-0.2, -0.15) is 0 Å². The Bertz CT molecular complexity index is 470. The number of aromatic nitrogens is 1. The summed E-state index contributed by atoms with van der Waals surface area (Å²) in [6.45, 7) is 5.32. The number of esters is 1. The van der Waals surface area contributed by atoms with Gasteiger partial charge in [0.05, 0.1) is 12.8 Å². The Morgan fingerprint density at radius 1 is 1.43 bits per heavy atom. The Balaban J connectivity index is 2.14. The standard InChI is InChI=1S/C17H26N2O2/c1-4-13(2)19(15-9-5-6-10-15)12-14-8-7-11-16(18-14)17(20)21-3/h7-8,11,13,15H,4-6,9-10,12H2,1-3H3/t13-/m0/s1. The van der Waals surface area contributed by atoms with E-state index in [1.54, 1.807) is 6.07 Å². The molecule has 116 valence electrons. The van der Waals surface area contributed by atoms with Gasteiger partial charge in [0.25, 0.3) is 0 Å². The normalized spacial score (nSPS) is 17.1. The van der Waals surface area contributed by atoms with Crippen molar-refractivity contribution in [2.75, 3.05) is 7.11 Å². The number of hydrogen-bond acceptors (Lipinski definition) is 4. The molecule has 0 N–H and O–H groups in total. The topological polar surface area (TPSA) is 42.4 Å². The van der Waals surface area contributed by atoms with Crippen LogP contribution in [0.25, 0.3) is 0 Å². The van der Waals surface area contributed by atoms with Gasteiger partial charge in [-0.1, -0.05) is 25.8 Å². The molecule has 0 aromatic carbocycles. The molecule has 1 saturated carbocycles. The molecule has 1 fully saturated rings. The minimum atomic E-state index is -0.368. The van der Waals surface area contributed by atoms with Gasteiger partial charge in [0, 0.05) is 18.6 Å². The molecule has 1 aromatic rings. The van der Waals surface area contributed by atoms with E-state index in [2.05, 4.69) is 23.7 Å². The molecule has 1 heterocycles. The number of methoxy groups -OCH3 is 1. The van der Waals surface area contributed by atoms with E-state index in [1.165, 1.54) is 32.8 Å². The minimum absolute atomic E-state index is 0.368. The molecule has 4 heteroatoms. The van der Waals surface area contributed by atoms with E-state index in [0.717, 1.165) is 18.7 Å². The fourth-order valence-electron chi connectivity index (χ4n) is 3.09. The van der Waals surface area contributed by atoms with Crippen LogP contribution >= 0.6 is 0 Å². The van der Waals surface area contributed by atoms with Crippen LogP contribution in [-0.2, 0) is 11.3 Å². The molecule has 4 nitrogen and oxygen atoms in total. The fraction of sp³-hybridized carbons (Fsp3) is 0.647. The van der Waals surface area contributed by atoms with Gasteiger partial charge < -0.3 is 4.74 Å². The molecule has 21 heavy (non-hydrogen) atoms. The molecular formula is C17H26N2O2. The van der Waals surface area contributed by atoms with Gasteiger partial charge in [0.2, 0.25) is 0 Å². The zero-order valence-electron chi connectivity index (χ0n) is 13.3. The first-order valence-corrected chi connectivity index (χ1v) is 7.95. The predicted molar refractivity (Wildman–Crippen MR) is 83.1 cm³/mol. The van der Waals surface area contributed by atoms with Crippen molar-refractivity contribution in [1.29, 1.82) is 0 Å². The summed E-state index contributed by atoms with van der Waals surface area (Å²) >= 11 is 0. The average molecular weight is 290 g/mol. The van der Waals surface area contributed by atoms with Crippen molar-refractivity contribution in [1.82, 2.24) is 9.88 Å². The Morgan fingerprint density at radius 2 is 2.14 bits per heavy atom. The molecule has 1 atom stereocenters. The smallest absolute Gasteiger partial charge is 0.356 e. The first-order chi connectivity index (χ1) is 10.2. The van der Waals surface area contributed by atoms with Crippen molar-refractivity contribution in [2.24, 2.45) is 0 Å². The fourth-order valence-corrected chi connectivity index (χ4v) is 3.09. The molecule has 0 spiro atoms. The van der Waals surface area contributed by atoms with Crippen LogP contribution in [0, 0.1) is 0 Å². The van der Waals surface area contributed by atoms with Gasteiger partial charge in [0.15, 0.2) is 0 Å². The van der Waals surface area contributed by atoms with Crippen molar-refractivity contribution in [3.8, 4) is 0 Å². The number of carbonyl (C=O) groups excluding carboxylic acids is 1. The third-order valence-electron chi connectivity index (χ3n) is 4.50. The highest BCUT2D eigenvalue weighted by atomic mass is 16.5. The Morgan fingerprint density at radius 3 is 2.76 bits per heavy atom. The lowest BCUT2D eigenvalue weighted by atomic mass is 10.1. The molecule has 0 unspecified atom stereocenters. The first-order valence-electron chi connectivity index (χ1n) is 7.95. The summed E-state index contributed by atoms with van der Waals surface area (Å²) in [4.78, 5) is 18.6. The zero-order valence-corrected chi connectivity index (χ0v) is 13.3. The lowest BCUT2D eigenvalue weighted by Gasteiger charge is -2.33. The molecule has 2 rings (SSSR count). The third-order valence-corrected chi connectivity index (χ3v) is 4.50. The number of hydrogen-bond donors (Lipinski definition) is 0. The van der Waals surface area contributed by atoms with Crippen LogP contribution in [0.2, 0.25) is 0 Å². The van der Waals surface area contributed by atoms with Crippen LogP contribution in [0.15, 0.2) is 18.2 Å². The van der Waals surface area contributed by atoms with Crippen LogP contribution in [0.5, 0.6) is 0 Å². The predicted octanol–water partition coefficient (Wildman–Crippen LogP) is 3.41. The summed E-state index contributed by atoms with van der Waals surface area (Å²) in [5, 5.41) is 0. The molecule has 0 amide bonds. The monoisotopic (exact) mass is 290 g/mol. The Kier molecular flexibility index (Phi) is 5.74. The Labute approximate surface area is 127 Å². The molecule has 0 saturated heterocycles. The second-order valence-electron chi connectivity index (χ2n) is 5.87. The van der Waals surface area contributed by atoms with E-state index in [0.29, 0.717) is 17.8 Å². The third kappa shape index (κ3) is 4.03. The van der Waals surface area contributed by atoms with Crippen molar-refractivity contribution < 1.29 is 9.53 Å². The summed E-state index contributed by atoms with van der Waals surface area (Å²) in [6.07, 6.45) is 6.34. The summed E-state index contributed by atoms with van der Waals surface area (Å²) in [5.74, 6) is -0.368. The van der Waals surface area contributed by atoms with Gasteiger partial charge >= 0.3 is 5.97 Å². The quantitative estimate of drug-likeness (QED) is 0.753. The maximum atomic E-state index is 11.6. The minimum Gasteiger partial charge on any atom is -0.464 e. The number of carbonyl (C=O) groups is 1. The van der Waals surface area contributed by atoms with Crippen molar-refractivity contribution in [3.63, 3.8) is 0 Å². The van der Waals surface area contributed by atoms with Crippen LogP contribution in [0.1, 0.15) is 62.1 Å². The summed E-state index contributed by atoms with van der Waals surface area (Å²) in [7, 11) is 1.39. The molecule has 1 aliphatic carbocycles. The lowest BCUT2D eigenvalue weighted by molar-refractivity contribution is 0.0593. The Hall–Kier alpha value is -1.42. The van der Waals surface area contributed by atoms with Crippen LogP contribution in [-0.4, -0.2) is 35.0 Å². The van der Waals surface area contributed by atoms with Crippen molar-refractivity contribution in [2.45, 2.75) is 64.6 Å². The van der Waals surface area contributed by atoms with E-state index >= 15 is 0 Å². The second kappa shape index (κ2) is 7.55. The van der Waals surface area contributed by atoms with E-state index in [4.69, 9.17) is 4.74 Å². The van der Waals surface area contributed by atoms with Gasteiger partial charge in [-0.05, 0) is 38.3 Å². The maximum Gasteiger partial charge on any atom is 0.356 e.